The zero-order valence-corrected chi connectivity index (χ0v) is 20.2. The van der Waals surface area contributed by atoms with E-state index in [-0.39, 0.29) is 5.90 Å². The summed E-state index contributed by atoms with van der Waals surface area (Å²) in [6.07, 6.45) is 0.793. The Morgan fingerprint density at radius 1 is 1.03 bits per heavy atom. The number of ether oxygens (including phenoxy) is 2. The minimum absolute atomic E-state index is 0.218. The zero-order chi connectivity index (χ0) is 25.8. The molecule has 0 bridgehead atoms. The fourth-order valence-corrected chi connectivity index (χ4v) is 4.31. The van der Waals surface area contributed by atoms with Gasteiger partial charge in [0.25, 0.3) is 11.9 Å². The van der Waals surface area contributed by atoms with Crippen LogP contribution in [0.5, 0.6) is 0 Å². The average molecular weight is 495 g/mol. The summed E-state index contributed by atoms with van der Waals surface area (Å²) >= 11 is 0. The van der Waals surface area contributed by atoms with Gasteiger partial charge < -0.3 is 24.7 Å². The van der Waals surface area contributed by atoms with Crippen LogP contribution in [-0.2, 0) is 20.8 Å². The predicted molar refractivity (Wildman–Crippen MR) is 144 cm³/mol. The van der Waals surface area contributed by atoms with Gasteiger partial charge in [0.1, 0.15) is 0 Å². The van der Waals surface area contributed by atoms with Gasteiger partial charge in [-0.15, -0.1) is 0 Å². The number of carbonyl (C=O) groups is 1. The zero-order valence-electron chi connectivity index (χ0n) is 20.2. The van der Waals surface area contributed by atoms with Crippen LogP contribution in [0.15, 0.2) is 90.1 Å². The summed E-state index contributed by atoms with van der Waals surface area (Å²) in [4.78, 5) is 17.7. The number of fused-ring (bicyclic) bond motifs is 2. The maximum Gasteiger partial charge on any atom is 0.290 e. The normalized spacial score (nSPS) is 14.8. The molecule has 0 unspecified atom stereocenters. The molecule has 186 valence electrons. The Balaban J connectivity index is 1.40. The van der Waals surface area contributed by atoms with Gasteiger partial charge >= 0.3 is 0 Å². The smallest absolute Gasteiger partial charge is 0.290 e. The monoisotopic (exact) mass is 494 g/mol. The van der Waals surface area contributed by atoms with Gasteiger partial charge in [-0.25, -0.2) is 4.99 Å². The van der Waals surface area contributed by atoms with Gasteiger partial charge in [0, 0.05) is 36.4 Å². The SMILES string of the molecule is COCCn1ccc2cccc(C(=N)OC(=N)N[C@H]3N=C(c4ccccc4)c4ccccc4NC3=O)c21. The van der Waals surface area contributed by atoms with E-state index in [1.165, 1.54) is 0 Å². The van der Waals surface area contributed by atoms with Gasteiger partial charge in [0.15, 0.2) is 0 Å². The van der Waals surface area contributed by atoms with Crippen LogP contribution in [0.25, 0.3) is 10.9 Å². The molecule has 1 amide bonds. The van der Waals surface area contributed by atoms with Crippen molar-refractivity contribution in [3.05, 3.63) is 102 Å². The summed E-state index contributed by atoms with van der Waals surface area (Å²) < 4.78 is 12.7. The molecule has 1 atom stereocenters. The number of hydrogen-bond acceptors (Lipinski definition) is 6. The van der Waals surface area contributed by atoms with Gasteiger partial charge in [0.05, 0.1) is 29.1 Å². The molecule has 0 aliphatic carbocycles. The summed E-state index contributed by atoms with van der Waals surface area (Å²) in [6.45, 7) is 1.13. The number of amides is 1. The van der Waals surface area contributed by atoms with Crippen molar-refractivity contribution in [2.24, 2.45) is 4.99 Å². The number of methoxy groups -OCH3 is 1. The maximum atomic E-state index is 13.0. The number of aliphatic imine (C=N–C) groups is 1. The Morgan fingerprint density at radius 3 is 2.62 bits per heavy atom. The highest BCUT2D eigenvalue weighted by Crippen LogP contribution is 2.24. The first kappa shape index (κ1) is 24.0. The van der Waals surface area contributed by atoms with E-state index in [1.807, 2.05) is 83.6 Å². The molecule has 0 saturated carbocycles. The van der Waals surface area contributed by atoms with Crippen molar-refractivity contribution in [2.45, 2.75) is 12.7 Å². The molecule has 0 saturated heterocycles. The van der Waals surface area contributed by atoms with Crippen molar-refractivity contribution in [2.75, 3.05) is 19.0 Å². The summed E-state index contributed by atoms with van der Waals surface area (Å²) in [5.41, 5.74) is 4.18. The standard InChI is InChI=1S/C28H26N6O3/c1-36-17-16-34-15-14-19-10-7-12-21(24(19)34)25(29)37-28(30)33-26-27(35)31-22-13-6-5-11-20(22)23(32-26)18-8-3-2-4-9-18/h2-15,26,29H,16-17H2,1H3,(H2,30,33)(H,31,35)/t26-/m1/s1. The predicted octanol–water partition coefficient (Wildman–Crippen LogP) is 3.97. The number of nitrogens with zero attached hydrogens (tertiary/aromatic N) is 2. The third-order valence-electron chi connectivity index (χ3n) is 6.04. The lowest BCUT2D eigenvalue weighted by Gasteiger charge is -2.16. The molecule has 4 aromatic rings. The van der Waals surface area contributed by atoms with Crippen LogP contribution < -0.4 is 10.6 Å². The molecule has 9 heteroatoms. The Kier molecular flexibility index (Phi) is 6.78. The number of aromatic nitrogens is 1. The lowest BCUT2D eigenvalue weighted by molar-refractivity contribution is -0.117. The molecule has 4 N–H and O–H groups in total. The first-order valence-corrected chi connectivity index (χ1v) is 11.8. The molecule has 37 heavy (non-hydrogen) atoms. The second-order valence-corrected chi connectivity index (χ2v) is 8.43. The maximum absolute atomic E-state index is 13.0. The van der Waals surface area contributed by atoms with Crippen LogP contribution in [0, 0.1) is 10.8 Å². The van der Waals surface area contributed by atoms with E-state index in [1.54, 1.807) is 13.2 Å². The van der Waals surface area contributed by atoms with Crippen molar-refractivity contribution < 1.29 is 14.3 Å². The highest BCUT2D eigenvalue weighted by molar-refractivity contribution is 6.20. The number of para-hydroxylation sites is 2. The van der Waals surface area contributed by atoms with Crippen molar-refractivity contribution in [1.29, 1.82) is 10.8 Å². The molecular weight excluding hydrogens is 468 g/mol. The molecule has 0 spiro atoms. The second-order valence-electron chi connectivity index (χ2n) is 8.43. The number of hydrogen-bond donors (Lipinski definition) is 4. The Hall–Kier alpha value is -4.76. The van der Waals surface area contributed by atoms with E-state index in [2.05, 4.69) is 15.6 Å². The number of nitrogens with one attached hydrogen (secondary N) is 4. The number of benzodiazepines with no additional fused rings is 1. The third-order valence-corrected chi connectivity index (χ3v) is 6.04. The quantitative estimate of drug-likeness (QED) is 0.239. The van der Waals surface area contributed by atoms with Gasteiger partial charge in [-0.05, 0) is 18.2 Å². The Bertz CT molecular complexity index is 1510. The first-order chi connectivity index (χ1) is 18.0. The van der Waals surface area contributed by atoms with Crippen molar-refractivity contribution in [1.82, 2.24) is 9.88 Å². The molecule has 1 aliphatic heterocycles. The van der Waals surface area contributed by atoms with E-state index >= 15 is 0 Å². The van der Waals surface area contributed by atoms with Crippen LogP contribution >= 0.6 is 0 Å². The van der Waals surface area contributed by atoms with E-state index in [9.17, 15) is 4.79 Å². The summed E-state index contributed by atoms with van der Waals surface area (Å²) in [5.74, 6) is -0.654. The van der Waals surface area contributed by atoms with E-state index in [0.717, 1.165) is 22.0 Å². The largest absolute Gasteiger partial charge is 0.407 e. The summed E-state index contributed by atoms with van der Waals surface area (Å²) in [7, 11) is 1.64. The molecule has 2 heterocycles. The topological polar surface area (TPSA) is 125 Å². The van der Waals surface area contributed by atoms with Crippen LogP contribution in [0.1, 0.15) is 16.7 Å². The van der Waals surface area contributed by atoms with E-state index in [4.69, 9.17) is 20.3 Å². The minimum Gasteiger partial charge on any atom is -0.407 e. The minimum atomic E-state index is -1.13. The van der Waals surface area contributed by atoms with Gasteiger partial charge in [0.2, 0.25) is 12.1 Å². The van der Waals surface area contributed by atoms with Crippen molar-refractivity contribution in [3.63, 3.8) is 0 Å². The van der Waals surface area contributed by atoms with Crippen LogP contribution in [0.2, 0.25) is 0 Å². The summed E-state index contributed by atoms with van der Waals surface area (Å²) in [6, 6.07) is 24.0. The van der Waals surface area contributed by atoms with Gasteiger partial charge in [-0.2, -0.15) is 0 Å². The molecule has 0 fully saturated rings. The van der Waals surface area contributed by atoms with Crippen molar-refractivity contribution in [3.8, 4) is 0 Å². The fraction of sp³-hybridized carbons (Fsp3) is 0.143. The lowest BCUT2D eigenvalue weighted by atomic mass is 10.0. The number of benzene rings is 3. The number of rotatable bonds is 6. The molecule has 3 aromatic carbocycles. The lowest BCUT2D eigenvalue weighted by Crippen LogP contribution is -2.43. The van der Waals surface area contributed by atoms with Gasteiger partial charge in [-0.1, -0.05) is 60.7 Å². The third kappa shape index (κ3) is 4.98. The fourth-order valence-electron chi connectivity index (χ4n) is 4.31. The molecule has 5 rings (SSSR count). The molecular formula is C28H26N6O3. The molecule has 9 nitrogen and oxygen atoms in total. The van der Waals surface area contributed by atoms with Crippen LogP contribution in [0.3, 0.4) is 0 Å². The van der Waals surface area contributed by atoms with Crippen LogP contribution in [-0.4, -0.2) is 48.0 Å². The van der Waals surface area contributed by atoms with E-state index < -0.39 is 18.1 Å². The summed E-state index contributed by atoms with van der Waals surface area (Å²) in [5, 5.41) is 23.5. The second kappa shape index (κ2) is 10.5. The van der Waals surface area contributed by atoms with Crippen molar-refractivity contribution >= 4 is 40.1 Å². The Labute approximate surface area is 213 Å². The Morgan fingerprint density at radius 2 is 1.81 bits per heavy atom. The molecule has 0 radical (unpaired) electrons. The molecule has 1 aromatic heterocycles. The highest BCUT2D eigenvalue weighted by atomic mass is 16.5. The number of carbonyl (C=O) groups excluding carboxylic acids is 1. The van der Waals surface area contributed by atoms with Crippen LogP contribution in [0.4, 0.5) is 5.69 Å². The first-order valence-electron chi connectivity index (χ1n) is 11.8. The average Bonchev–Trinajstić information content (AvgIpc) is 3.27. The van der Waals surface area contributed by atoms with E-state index in [0.29, 0.717) is 30.1 Å². The highest BCUT2D eigenvalue weighted by Gasteiger charge is 2.27. The number of anilines is 1. The molecule has 1 aliphatic rings. The number of amidine groups is 1. The van der Waals surface area contributed by atoms with Gasteiger partial charge in [-0.3, -0.25) is 15.6 Å².